The number of hydrogen-bond donors (Lipinski definition) is 1. The maximum absolute atomic E-state index is 5.73. The van der Waals surface area contributed by atoms with Gasteiger partial charge in [-0.1, -0.05) is 6.07 Å². The largest absolute Gasteiger partial charge is 0.391 e. The molecule has 0 saturated heterocycles. The van der Waals surface area contributed by atoms with Crippen LogP contribution in [-0.4, -0.2) is 4.98 Å². The standard InChI is InChI=1S/C12H10N2S2/c1-7-2-3-8-10(6-7)16-12(14-8)9-4-5-11(13)15-9/h2-6H,13H2,1H3. The van der Waals surface area contributed by atoms with Gasteiger partial charge in [-0.2, -0.15) is 0 Å². The third-order valence-electron chi connectivity index (χ3n) is 2.38. The molecule has 0 unspecified atom stereocenters. The Morgan fingerprint density at radius 2 is 2.00 bits per heavy atom. The highest BCUT2D eigenvalue weighted by Gasteiger charge is 2.07. The summed E-state index contributed by atoms with van der Waals surface area (Å²) in [5.74, 6) is 0. The third-order valence-corrected chi connectivity index (χ3v) is 4.48. The molecule has 2 heterocycles. The molecule has 80 valence electrons. The molecular formula is C12H10N2S2. The normalized spacial score (nSPS) is 11.1. The maximum Gasteiger partial charge on any atom is 0.134 e. The minimum Gasteiger partial charge on any atom is -0.391 e. The van der Waals surface area contributed by atoms with Gasteiger partial charge >= 0.3 is 0 Å². The van der Waals surface area contributed by atoms with E-state index >= 15 is 0 Å². The summed E-state index contributed by atoms with van der Waals surface area (Å²) in [4.78, 5) is 5.76. The molecule has 1 aromatic carbocycles. The molecule has 2 aromatic heterocycles. The first-order valence-electron chi connectivity index (χ1n) is 4.95. The highest BCUT2D eigenvalue weighted by atomic mass is 32.1. The topological polar surface area (TPSA) is 38.9 Å². The number of anilines is 1. The molecule has 0 fully saturated rings. The Kier molecular flexibility index (Phi) is 2.19. The zero-order valence-corrected chi connectivity index (χ0v) is 10.4. The predicted molar refractivity (Wildman–Crippen MR) is 72.1 cm³/mol. The monoisotopic (exact) mass is 246 g/mol. The molecule has 0 spiro atoms. The molecule has 0 amide bonds. The zero-order valence-electron chi connectivity index (χ0n) is 8.73. The van der Waals surface area contributed by atoms with Crippen molar-refractivity contribution in [3.05, 3.63) is 35.9 Å². The van der Waals surface area contributed by atoms with E-state index in [0.717, 1.165) is 20.4 Å². The van der Waals surface area contributed by atoms with E-state index in [1.165, 1.54) is 10.3 Å². The summed E-state index contributed by atoms with van der Waals surface area (Å²) in [7, 11) is 0. The summed E-state index contributed by atoms with van der Waals surface area (Å²) in [6, 6.07) is 10.3. The van der Waals surface area contributed by atoms with Gasteiger partial charge in [0.2, 0.25) is 0 Å². The van der Waals surface area contributed by atoms with Crippen LogP contribution in [0.15, 0.2) is 30.3 Å². The predicted octanol–water partition coefficient (Wildman–Crippen LogP) is 3.92. The molecule has 3 aromatic rings. The van der Waals surface area contributed by atoms with Crippen molar-refractivity contribution in [1.82, 2.24) is 4.98 Å². The molecule has 3 rings (SSSR count). The highest BCUT2D eigenvalue weighted by Crippen LogP contribution is 2.35. The SMILES string of the molecule is Cc1ccc2nc(-c3ccc(N)s3)sc2c1. The summed E-state index contributed by atoms with van der Waals surface area (Å²) in [6.45, 7) is 2.10. The molecule has 0 aliphatic rings. The number of nitrogens with zero attached hydrogens (tertiary/aromatic N) is 1. The molecule has 0 aliphatic carbocycles. The molecular weight excluding hydrogens is 236 g/mol. The van der Waals surface area contributed by atoms with E-state index in [1.807, 2.05) is 12.1 Å². The number of rotatable bonds is 1. The fourth-order valence-electron chi connectivity index (χ4n) is 1.61. The Hall–Kier alpha value is -1.39. The Morgan fingerprint density at radius 3 is 2.75 bits per heavy atom. The van der Waals surface area contributed by atoms with Crippen LogP contribution in [0, 0.1) is 6.92 Å². The van der Waals surface area contributed by atoms with Crippen LogP contribution in [-0.2, 0) is 0 Å². The summed E-state index contributed by atoms with van der Waals surface area (Å²) in [5, 5.41) is 1.90. The lowest BCUT2D eigenvalue weighted by molar-refractivity contribution is 1.46. The van der Waals surface area contributed by atoms with Gasteiger partial charge in [0.25, 0.3) is 0 Å². The molecule has 0 radical (unpaired) electrons. The molecule has 2 N–H and O–H groups in total. The number of nitrogen functional groups attached to an aromatic ring is 1. The Labute approximate surface area is 101 Å². The molecule has 0 saturated carbocycles. The maximum atomic E-state index is 5.73. The summed E-state index contributed by atoms with van der Waals surface area (Å²) in [6.07, 6.45) is 0. The number of aryl methyl sites for hydroxylation is 1. The molecule has 0 atom stereocenters. The van der Waals surface area contributed by atoms with Crippen molar-refractivity contribution in [3.63, 3.8) is 0 Å². The first kappa shape index (κ1) is 9.81. The van der Waals surface area contributed by atoms with Crippen LogP contribution >= 0.6 is 22.7 Å². The quantitative estimate of drug-likeness (QED) is 0.707. The van der Waals surface area contributed by atoms with Crippen molar-refractivity contribution in [2.24, 2.45) is 0 Å². The van der Waals surface area contributed by atoms with E-state index < -0.39 is 0 Å². The summed E-state index contributed by atoms with van der Waals surface area (Å²) >= 11 is 3.31. The van der Waals surface area contributed by atoms with Crippen molar-refractivity contribution >= 4 is 37.9 Å². The second kappa shape index (κ2) is 3.57. The van der Waals surface area contributed by atoms with Crippen molar-refractivity contribution in [3.8, 4) is 9.88 Å². The van der Waals surface area contributed by atoms with Crippen LogP contribution in [0.4, 0.5) is 5.00 Å². The van der Waals surface area contributed by atoms with Gasteiger partial charge in [0.1, 0.15) is 5.01 Å². The van der Waals surface area contributed by atoms with E-state index in [9.17, 15) is 0 Å². The Morgan fingerprint density at radius 1 is 1.12 bits per heavy atom. The number of thiophene rings is 1. The lowest BCUT2D eigenvalue weighted by atomic mass is 10.2. The lowest BCUT2D eigenvalue weighted by Crippen LogP contribution is -1.73. The minimum atomic E-state index is 0.838. The van der Waals surface area contributed by atoms with Gasteiger partial charge in [0.15, 0.2) is 0 Å². The number of benzene rings is 1. The lowest BCUT2D eigenvalue weighted by Gasteiger charge is -1.88. The second-order valence-electron chi connectivity index (χ2n) is 3.69. The van der Waals surface area contributed by atoms with Gasteiger partial charge < -0.3 is 5.73 Å². The van der Waals surface area contributed by atoms with Crippen LogP contribution < -0.4 is 5.73 Å². The van der Waals surface area contributed by atoms with Crippen LogP contribution in [0.1, 0.15) is 5.56 Å². The molecule has 2 nitrogen and oxygen atoms in total. The Bertz CT molecular complexity index is 652. The van der Waals surface area contributed by atoms with Gasteiger partial charge in [-0.3, -0.25) is 0 Å². The molecule has 16 heavy (non-hydrogen) atoms. The van der Waals surface area contributed by atoms with Crippen LogP contribution in [0.5, 0.6) is 0 Å². The molecule has 4 heteroatoms. The van der Waals surface area contributed by atoms with Crippen molar-refractivity contribution in [1.29, 1.82) is 0 Å². The molecule has 0 bridgehead atoms. The first-order chi connectivity index (χ1) is 7.72. The minimum absolute atomic E-state index is 0.838. The average Bonchev–Trinajstić information content (AvgIpc) is 2.83. The van der Waals surface area contributed by atoms with Crippen LogP contribution in [0.2, 0.25) is 0 Å². The number of fused-ring (bicyclic) bond motifs is 1. The van der Waals surface area contributed by atoms with E-state index in [4.69, 9.17) is 5.73 Å². The van der Waals surface area contributed by atoms with E-state index in [-0.39, 0.29) is 0 Å². The average molecular weight is 246 g/mol. The fraction of sp³-hybridized carbons (Fsp3) is 0.0833. The van der Waals surface area contributed by atoms with E-state index in [2.05, 4.69) is 30.1 Å². The van der Waals surface area contributed by atoms with E-state index in [1.54, 1.807) is 22.7 Å². The first-order valence-corrected chi connectivity index (χ1v) is 6.58. The van der Waals surface area contributed by atoms with Gasteiger partial charge in [-0.15, -0.1) is 22.7 Å². The smallest absolute Gasteiger partial charge is 0.134 e. The zero-order chi connectivity index (χ0) is 11.1. The van der Waals surface area contributed by atoms with Crippen LogP contribution in [0.3, 0.4) is 0 Å². The summed E-state index contributed by atoms with van der Waals surface area (Å²) in [5.41, 5.74) is 8.07. The number of hydrogen-bond acceptors (Lipinski definition) is 4. The van der Waals surface area contributed by atoms with Crippen molar-refractivity contribution < 1.29 is 0 Å². The number of thiazole rings is 1. The van der Waals surface area contributed by atoms with Gasteiger partial charge in [0.05, 0.1) is 20.1 Å². The Balaban J connectivity index is 2.18. The highest BCUT2D eigenvalue weighted by molar-refractivity contribution is 7.26. The van der Waals surface area contributed by atoms with Gasteiger partial charge in [-0.25, -0.2) is 4.98 Å². The second-order valence-corrected chi connectivity index (χ2v) is 5.84. The fourth-order valence-corrected chi connectivity index (χ4v) is 3.50. The molecule has 0 aliphatic heterocycles. The van der Waals surface area contributed by atoms with Crippen molar-refractivity contribution in [2.75, 3.05) is 5.73 Å². The van der Waals surface area contributed by atoms with Gasteiger partial charge in [-0.05, 0) is 36.8 Å². The van der Waals surface area contributed by atoms with Crippen LogP contribution in [0.25, 0.3) is 20.1 Å². The van der Waals surface area contributed by atoms with Crippen molar-refractivity contribution in [2.45, 2.75) is 6.92 Å². The number of aromatic nitrogens is 1. The van der Waals surface area contributed by atoms with E-state index in [0.29, 0.717) is 0 Å². The summed E-state index contributed by atoms with van der Waals surface area (Å²) < 4.78 is 1.24. The van der Waals surface area contributed by atoms with Gasteiger partial charge in [0, 0.05) is 0 Å². The third kappa shape index (κ3) is 1.60. The number of nitrogens with two attached hydrogens (primary N) is 1.